The fraction of sp³-hybridized carbons (Fsp3) is 0.533. The number of aryl methyl sites for hydroxylation is 1. The van der Waals surface area contributed by atoms with E-state index in [9.17, 15) is 4.79 Å². The number of likely N-dealkylation sites (tertiary alicyclic amines) is 2. The summed E-state index contributed by atoms with van der Waals surface area (Å²) in [5.41, 5.74) is 2.03. The van der Waals surface area contributed by atoms with Crippen molar-refractivity contribution in [3.05, 3.63) is 35.4 Å². The summed E-state index contributed by atoms with van der Waals surface area (Å²) in [6, 6.07) is 8.36. The molecule has 2 saturated heterocycles. The molecule has 1 aromatic rings. The van der Waals surface area contributed by atoms with Gasteiger partial charge in [-0.25, -0.2) is 0 Å². The quantitative estimate of drug-likeness (QED) is 0.751. The Bertz CT molecular complexity index is 454. The molecule has 0 aromatic heterocycles. The lowest BCUT2D eigenvalue weighted by Gasteiger charge is -2.24. The molecule has 2 aliphatic heterocycles. The van der Waals surface area contributed by atoms with Crippen molar-refractivity contribution in [1.82, 2.24) is 9.80 Å². The second-order valence-corrected chi connectivity index (χ2v) is 5.70. The predicted octanol–water partition coefficient (Wildman–Crippen LogP) is 1.77. The van der Waals surface area contributed by atoms with E-state index in [1.807, 2.05) is 31.2 Å². The largest absolute Gasteiger partial charge is 0.334 e. The summed E-state index contributed by atoms with van der Waals surface area (Å²) in [6.45, 7) is 5.15. The first kappa shape index (κ1) is 11.7. The molecular formula is C15H20N2O. The highest BCUT2D eigenvalue weighted by molar-refractivity contribution is 5.94. The Labute approximate surface area is 108 Å². The number of benzene rings is 1. The van der Waals surface area contributed by atoms with Gasteiger partial charge in [-0.2, -0.15) is 0 Å². The average molecular weight is 244 g/mol. The zero-order valence-corrected chi connectivity index (χ0v) is 11.1. The van der Waals surface area contributed by atoms with Gasteiger partial charge in [0.25, 0.3) is 5.91 Å². The van der Waals surface area contributed by atoms with Crippen LogP contribution in [0.1, 0.15) is 22.3 Å². The third-order valence-electron chi connectivity index (χ3n) is 4.29. The molecule has 96 valence electrons. The Hall–Kier alpha value is -1.35. The van der Waals surface area contributed by atoms with Crippen LogP contribution >= 0.6 is 0 Å². The SMILES string of the molecule is Cc1ccc(C(=O)N2CC[C@H]3CN(C)C[C@H]32)cc1. The molecular weight excluding hydrogens is 224 g/mol. The highest BCUT2D eigenvalue weighted by Crippen LogP contribution is 2.31. The lowest BCUT2D eigenvalue weighted by Crippen LogP contribution is -2.39. The third-order valence-corrected chi connectivity index (χ3v) is 4.29. The van der Waals surface area contributed by atoms with Crippen molar-refractivity contribution in [2.75, 3.05) is 26.7 Å². The summed E-state index contributed by atoms with van der Waals surface area (Å²) in [5.74, 6) is 0.891. The maximum atomic E-state index is 12.5. The molecule has 3 rings (SSSR count). The Morgan fingerprint density at radius 1 is 1.22 bits per heavy atom. The van der Waals surface area contributed by atoms with E-state index in [1.54, 1.807) is 0 Å². The van der Waals surface area contributed by atoms with E-state index in [4.69, 9.17) is 0 Å². The molecule has 2 atom stereocenters. The first-order valence-electron chi connectivity index (χ1n) is 6.71. The molecule has 0 spiro atoms. The lowest BCUT2D eigenvalue weighted by atomic mass is 10.0. The van der Waals surface area contributed by atoms with Crippen molar-refractivity contribution in [1.29, 1.82) is 0 Å². The predicted molar refractivity (Wildman–Crippen MR) is 71.6 cm³/mol. The Kier molecular flexibility index (Phi) is 2.86. The minimum Gasteiger partial charge on any atom is -0.334 e. The van der Waals surface area contributed by atoms with Gasteiger partial charge in [0.05, 0.1) is 0 Å². The molecule has 0 radical (unpaired) electrons. The van der Waals surface area contributed by atoms with Crippen LogP contribution in [0.2, 0.25) is 0 Å². The topological polar surface area (TPSA) is 23.6 Å². The van der Waals surface area contributed by atoms with Gasteiger partial charge in [0.2, 0.25) is 0 Å². The van der Waals surface area contributed by atoms with Crippen LogP contribution in [-0.2, 0) is 0 Å². The second-order valence-electron chi connectivity index (χ2n) is 5.70. The molecule has 1 aromatic carbocycles. The Morgan fingerprint density at radius 3 is 2.67 bits per heavy atom. The summed E-state index contributed by atoms with van der Waals surface area (Å²) in [4.78, 5) is 16.9. The number of rotatable bonds is 1. The molecule has 0 unspecified atom stereocenters. The van der Waals surface area contributed by atoms with Gasteiger partial charge in [0.15, 0.2) is 0 Å². The molecule has 2 aliphatic rings. The van der Waals surface area contributed by atoms with E-state index in [-0.39, 0.29) is 5.91 Å². The maximum absolute atomic E-state index is 12.5. The van der Waals surface area contributed by atoms with Gasteiger partial charge in [-0.15, -0.1) is 0 Å². The van der Waals surface area contributed by atoms with Crippen LogP contribution in [0.5, 0.6) is 0 Å². The highest BCUT2D eigenvalue weighted by Gasteiger charge is 2.42. The monoisotopic (exact) mass is 244 g/mol. The number of amides is 1. The Balaban J connectivity index is 1.79. The van der Waals surface area contributed by atoms with Gasteiger partial charge in [-0.3, -0.25) is 4.79 Å². The van der Waals surface area contributed by atoms with E-state index in [2.05, 4.69) is 16.8 Å². The fourth-order valence-corrected chi connectivity index (χ4v) is 3.29. The number of hydrogen-bond acceptors (Lipinski definition) is 2. The third kappa shape index (κ3) is 1.93. The molecule has 0 saturated carbocycles. The van der Waals surface area contributed by atoms with Gasteiger partial charge in [-0.05, 0) is 38.4 Å². The molecule has 2 heterocycles. The van der Waals surface area contributed by atoms with E-state index in [0.29, 0.717) is 12.0 Å². The van der Waals surface area contributed by atoms with Crippen molar-refractivity contribution in [2.24, 2.45) is 5.92 Å². The number of carbonyl (C=O) groups excluding carboxylic acids is 1. The van der Waals surface area contributed by atoms with Crippen LogP contribution in [0.15, 0.2) is 24.3 Å². The van der Waals surface area contributed by atoms with Crippen molar-refractivity contribution in [3.63, 3.8) is 0 Å². The van der Waals surface area contributed by atoms with Crippen LogP contribution in [0.4, 0.5) is 0 Å². The van der Waals surface area contributed by atoms with Crippen LogP contribution < -0.4 is 0 Å². The minimum absolute atomic E-state index is 0.206. The summed E-state index contributed by atoms with van der Waals surface area (Å²) < 4.78 is 0. The number of fused-ring (bicyclic) bond motifs is 1. The van der Waals surface area contributed by atoms with Crippen molar-refractivity contribution in [3.8, 4) is 0 Å². The molecule has 1 amide bonds. The van der Waals surface area contributed by atoms with Gasteiger partial charge in [0.1, 0.15) is 0 Å². The number of nitrogens with zero attached hydrogens (tertiary/aromatic N) is 2. The van der Waals surface area contributed by atoms with Crippen LogP contribution in [0, 0.1) is 12.8 Å². The molecule has 3 nitrogen and oxygen atoms in total. The lowest BCUT2D eigenvalue weighted by molar-refractivity contribution is 0.0729. The van der Waals surface area contributed by atoms with Crippen molar-refractivity contribution < 1.29 is 4.79 Å². The van der Waals surface area contributed by atoms with E-state index in [1.165, 1.54) is 5.56 Å². The fourth-order valence-electron chi connectivity index (χ4n) is 3.29. The van der Waals surface area contributed by atoms with Gasteiger partial charge in [0, 0.05) is 31.2 Å². The summed E-state index contributed by atoms with van der Waals surface area (Å²) in [5, 5.41) is 0. The molecule has 0 bridgehead atoms. The zero-order chi connectivity index (χ0) is 12.7. The first-order chi connectivity index (χ1) is 8.65. The molecule has 0 N–H and O–H groups in total. The van der Waals surface area contributed by atoms with E-state index >= 15 is 0 Å². The average Bonchev–Trinajstić information content (AvgIpc) is 2.88. The Morgan fingerprint density at radius 2 is 1.94 bits per heavy atom. The van der Waals surface area contributed by atoms with Gasteiger partial charge >= 0.3 is 0 Å². The first-order valence-corrected chi connectivity index (χ1v) is 6.71. The molecule has 2 fully saturated rings. The van der Waals surface area contributed by atoms with Crippen LogP contribution in [0.25, 0.3) is 0 Å². The summed E-state index contributed by atoms with van der Waals surface area (Å²) in [6.07, 6.45) is 1.16. The standard InChI is InChI=1S/C15H20N2O/c1-11-3-5-12(6-4-11)15(18)17-8-7-13-9-16(2)10-14(13)17/h3-6,13-14H,7-10H2,1-2H3/t13-,14+/m0/s1. The van der Waals surface area contributed by atoms with E-state index in [0.717, 1.165) is 31.6 Å². The minimum atomic E-state index is 0.206. The molecule has 3 heteroatoms. The van der Waals surface area contributed by atoms with E-state index < -0.39 is 0 Å². The summed E-state index contributed by atoms with van der Waals surface area (Å²) >= 11 is 0. The van der Waals surface area contributed by atoms with Crippen LogP contribution in [0.3, 0.4) is 0 Å². The number of likely N-dealkylation sites (N-methyl/N-ethyl adjacent to an activating group) is 1. The zero-order valence-electron chi connectivity index (χ0n) is 11.1. The van der Waals surface area contributed by atoms with Crippen molar-refractivity contribution >= 4 is 5.91 Å². The van der Waals surface area contributed by atoms with Crippen molar-refractivity contribution in [2.45, 2.75) is 19.4 Å². The molecule has 18 heavy (non-hydrogen) atoms. The van der Waals surface area contributed by atoms with Gasteiger partial charge in [-0.1, -0.05) is 17.7 Å². The second kappa shape index (κ2) is 4.39. The number of hydrogen-bond donors (Lipinski definition) is 0. The highest BCUT2D eigenvalue weighted by atomic mass is 16.2. The normalized spacial score (nSPS) is 27.6. The van der Waals surface area contributed by atoms with Gasteiger partial charge < -0.3 is 9.80 Å². The molecule has 0 aliphatic carbocycles. The smallest absolute Gasteiger partial charge is 0.254 e. The maximum Gasteiger partial charge on any atom is 0.254 e. The van der Waals surface area contributed by atoms with Crippen LogP contribution in [-0.4, -0.2) is 48.4 Å². The number of carbonyl (C=O) groups is 1. The summed E-state index contributed by atoms with van der Waals surface area (Å²) in [7, 11) is 2.15.